The van der Waals surface area contributed by atoms with Crippen LogP contribution >= 0.6 is 0 Å². The first-order valence-electron chi connectivity index (χ1n) is 7.21. The van der Waals surface area contributed by atoms with Crippen LogP contribution in [0.25, 0.3) is 22.6 Å². The smallest absolute Gasteiger partial charge is 0.245 e. The second-order valence-electron chi connectivity index (χ2n) is 5.48. The highest BCUT2D eigenvalue weighted by atomic mass is 16.3. The maximum Gasteiger partial charge on any atom is 0.245 e. The zero-order chi connectivity index (χ0) is 14.2. The van der Waals surface area contributed by atoms with Gasteiger partial charge in [-0.2, -0.15) is 4.98 Å². The molecule has 21 heavy (non-hydrogen) atoms. The molecule has 0 radical (unpaired) electrons. The van der Waals surface area contributed by atoms with Crippen LogP contribution in [0.2, 0.25) is 0 Å². The van der Waals surface area contributed by atoms with Crippen molar-refractivity contribution in [3.63, 3.8) is 0 Å². The number of anilines is 1. The maximum atomic E-state index is 6.01. The van der Waals surface area contributed by atoms with E-state index in [1.165, 1.54) is 0 Å². The topological polar surface area (TPSA) is 84.0 Å². The van der Waals surface area contributed by atoms with E-state index < -0.39 is 0 Å². The molecule has 1 atom stereocenters. The molecule has 1 aliphatic rings. The number of benzene rings is 1. The summed E-state index contributed by atoms with van der Waals surface area (Å²) in [5.74, 6) is 2.05. The van der Waals surface area contributed by atoms with E-state index in [4.69, 9.17) is 10.2 Å². The van der Waals surface area contributed by atoms with Gasteiger partial charge in [0.1, 0.15) is 5.58 Å². The molecule has 0 spiro atoms. The van der Waals surface area contributed by atoms with Crippen LogP contribution in [0.3, 0.4) is 0 Å². The van der Waals surface area contributed by atoms with E-state index in [1.807, 2.05) is 30.3 Å². The van der Waals surface area contributed by atoms with E-state index in [0.717, 1.165) is 36.9 Å². The van der Waals surface area contributed by atoms with E-state index in [-0.39, 0.29) is 6.04 Å². The fourth-order valence-electron chi connectivity index (χ4n) is 2.79. The van der Waals surface area contributed by atoms with Gasteiger partial charge in [0, 0.05) is 24.5 Å². The molecule has 2 aromatic heterocycles. The molecule has 4 rings (SSSR count). The minimum Gasteiger partial charge on any atom is -0.453 e. The van der Waals surface area contributed by atoms with Gasteiger partial charge in [-0.25, -0.2) is 0 Å². The maximum absolute atomic E-state index is 6.01. The zero-order valence-electron chi connectivity index (χ0n) is 11.6. The van der Waals surface area contributed by atoms with Crippen LogP contribution in [-0.4, -0.2) is 34.3 Å². The van der Waals surface area contributed by atoms with Gasteiger partial charge in [-0.05, 0) is 25.0 Å². The third kappa shape index (κ3) is 2.27. The second kappa shape index (κ2) is 4.89. The van der Waals surface area contributed by atoms with Crippen LogP contribution in [0.5, 0.6) is 0 Å². The number of aromatic amines is 1. The van der Waals surface area contributed by atoms with Crippen LogP contribution in [0.15, 0.2) is 34.7 Å². The third-order valence-corrected chi connectivity index (χ3v) is 3.87. The van der Waals surface area contributed by atoms with Crippen molar-refractivity contribution < 1.29 is 4.42 Å². The molecule has 3 N–H and O–H groups in total. The zero-order valence-corrected chi connectivity index (χ0v) is 11.6. The van der Waals surface area contributed by atoms with E-state index in [9.17, 15) is 0 Å². The molecule has 0 bridgehead atoms. The lowest BCUT2D eigenvalue weighted by molar-refractivity contribution is 0.500. The molecule has 3 aromatic rings. The predicted octanol–water partition coefficient (Wildman–Crippen LogP) is 2.15. The monoisotopic (exact) mass is 283 g/mol. The highest BCUT2D eigenvalue weighted by Gasteiger charge is 2.21. The number of nitrogens with two attached hydrogens (primary N) is 1. The number of nitrogens with zero attached hydrogens (tertiary/aromatic N) is 3. The molecule has 1 saturated heterocycles. The summed E-state index contributed by atoms with van der Waals surface area (Å²) in [6.45, 7) is 1.75. The van der Waals surface area contributed by atoms with Gasteiger partial charge in [-0.15, -0.1) is 5.10 Å². The molecule has 1 aromatic carbocycles. The number of para-hydroxylation sites is 1. The van der Waals surface area contributed by atoms with Crippen molar-refractivity contribution in [1.82, 2.24) is 15.2 Å². The number of nitrogens with one attached hydrogen (secondary N) is 1. The average molecular weight is 283 g/mol. The molecule has 0 aliphatic carbocycles. The standard InChI is InChI=1S/C15H17N5O/c16-11-5-3-7-20(9-11)15-17-14(18-19-15)13-8-10-4-1-2-6-12(10)21-13/h1-2,4,6,8,11H,3,5,7,9,16H2,(H,17,18,19). The van der Waals surface area contributed by atoms with Crippen molar-refractivity contribution in [2.45, 2.75) is 18.9 Å². The lowest BCUT2D eigenvalue weighted by Gasteiger charge is -2.29. The lowest BCUT2D eigenvalue weighted by atomic mass is 10.1. The average Bonchev–Trinajstić information content (AvgIpc) is 3.14. The Labute approximate surface area is 122 Å². The van der Waals surface area contributed by atoms with Crippen molar-refractivity contribution in [2.24, 2.45) is 5.73 Å². The summed E-state index contributed by atoms with van der Waals surface area (Å²) in [7, 11) is 0. The largest absolute Gasteiger partial charge is 0.453 e. The number of piperidine rings is 1. The molecular weight excluding hydrogens is 266 g/mol. The number of hydrogen-bond acceptors (Lipinski definition) is 5. The number of H-pyrrole nitrogens is 1. The van der Waals surface area contributed by atoms with Crippen molar-refractivity contribution in [2.75, 3.05) is 18.0 Å². The third-order valence-electron chi connectivity index (χ3n) is 3.87. The first-order chi connectivity index (χ1) is 10.3. The van der Waals surface area contributed by atoms with Crippen LogP contribution in [-0.2, 0) is 0 Å². The number of furan rings is 1. The van der Waals surface area contributed by atoms with Crippen molar-refractivity contribution >= 4 is 16.9 Å². The van der Waals surface area contributed by atoms with Gasteiger partial charge in [0.15, 0.2) is 11.6 Å². The normalized spacial score (nSPS) is 19.3. The Bertz CT molecular complexity index is 729. The Hall–Kier alpha value is -2.34. The molecule has 1 unspecified atom stereocenters. The molecule has 3 heterocycles. The molecule has 6 nitrogen and oxygen atoms in total. The summed E-state index contributed by atoms with van der Waals surface area (Å²) >= 11 is 0. The van der Waals surface area contributed by atoms with Crippen molar-refractivity contribution in [3.05, 3.63) is 30.3 Å². The van der Waals surface area contributed by atoms with E-state index in [0.29, 0.717) is 17.5 Å². The highest BCUT2D eigenvalue weighted by molar-refractivity contribution is 5.81. The first kappa shape index (κ1) is 12.4. The molecule has 0 amide bonds. The first-order valence-corrected chi connectivity index (χ1v) is 7.21. The molecule has 1 aliphatic heterocycles. The van der Waals surface area contributed by atoms with Crippen LogP contribution < -0.4 is 10.6 Å². The van der Waals surface area contributed by atoms with Gasteiger partial charge in [-0.3, -0.25) is 5.10 Å². The number of aromatic nitrogens is 3. The summed E-state index contributed by atoms with van der Waals surface area (Å²) in [5, 5.41) is 8.31. The number of fused-ring (bicyclic) bond motifs is 1. The summed E-state index contributed by atoms with van der Waals surface area (Å²) < 4.78 is 5.80. The van der Waals surface area contributed by atoms with Crippen LogP contribution in [0, 0.1) is 0 Å². The lowest BCUT2D eigenvalue weighted by Crippen LogP contribution is -2.43. The van der Waals surface area contributed by atoms with E-state index >= 15 is 0 Å². The fraction of sp³-hybridized carbons (Fsp3) is 0.333. The summed E-state index contributed by atoms with van der Waals surface area (Å²) in [6.07, 6.45) is 2.15. The van der Waals surface area contributed by atoms with Crippen LogP contribution in [0.4, 0.5) is 5.95 Å². The van der Waals surface area contributed by atoms with Crippen molar-refractivity contribution in [3.8, 4) is 11.6 Å². The molecule has 108 valence electrons. The van der Waals surface area contributed by atoms with Gasteiger partial charge in [0.2, 0.25) is 5.95 Å². The van der Waals surface area contributed by atoms with Gasteiger partial charge in [0.05, 0.1) is 0 Å². The number of hydrogen-bond donors (Lipinski definition) is 2. The molecule has 6 heteroatoms. The predicted molar refractivity (Wildman–Crippen MR) is 81.0 cm³/mol. The summed E-state index contributed by atoms with van der Waals surface area (Å²) in [6, 6.07) is 10.1. The van der Waals surface area contributed by atoms with Gasteiger partial charge in [0.25, 0.3) is 0 Å². The Morgan fingerprint density at radius 1 is 1.33 bits per heavy atom. The highest BCUT2D eigenvalue weighted by Crippen LogP contribution is 2.26. The summed E-state index contributed by atoms with van der Waals surface area (Å²) in [5.41, 5.74) is 6.86. The van der Waals surface area contributed by atoms with Gasteiger partial charge < -0.3 is 15.1 Å². The van der Waals surface area contributed by atoms with Crippen molar-refractivity contribution in [1.29, 1.82) is 0 Å². The minimum atomic E-state index is 0.201. The van der Waals surface area contributed by atoms with Gasteiger partial charge in [-0.1, -0.05) is 18.2 Å². The van der Waals surface area contributed by atoms with Gasteiger partial charge >= 0.3 is 0 Å². The quantitative estimate of drug-likeness (QED) is 0.752. The molecule has 1 fully saturated rings. The SMILES string of the molecule is NC1CCCN(c2n[nH]c(-c3cc4ccccc4o3)n2)C1. The Kier molecular flexibility index (Phi) is 2.89. The second-order valence-corrected chi connectivity index (χ2v) is 5.48. The Morgan fingerprint density at radius 3 is 3.10 bits per heavy atom. The summed E-state index contributed by atoms with van der Waals surface area (Å²) in [4.78, 5) is 6.67. The van der Waals surface area contributed by atoms with E-state index in [2.05, 4.69) is 20.1 Å². The molecular formula is C15H17N5O. The minimum absolute atomic E-state index is 0.201. The van der Waals surface area contributed by atoms with E-state index in [1.54, 1.807) is 0 Å². The number of rotatable bonds is 2. The van der Waals surface area contributed by atoms with Crippen LogP contribution in [0.1, 0.15) is 12.8 Å². The fourth-order valence-corrected chi connectivity index (χ4v) is 2.79. The molecule has 0 saturated carbocycles. The Morgan fingerprint density at radius 2 is 2.24 bits per heavy atom. The Balaban J connectivity index is 1.64.